The van der Waals surface area contributed by atoms with Gasteiger partial charge in [0.15, 0.2) is 0 Å². The molecule has 1 saturated carbocycles. The van der Waals surface area contributed by atoms with Crippen LogP contribution < -0.4 is 5.32 Å². The summed E-state index contributed by atoms with van der Waals surface area (Å²) in [7, 11) is 0. The van der Waals surface area contributed by atoms with Crippen LogP contribution in [0, 0.1) is 5.41 Å². The quantitative estimate of drug-likeness (QED) is 0.868. The first-order valence-electron chi connectivity index (χ1n) is 7.62. The highest BCUT2D eigenvalue weighted by Gasteiger charge is 2.37. The molecule has 2 aliphatic rings. The van der Waals surface area contributed by atoms with E-state index in [1.54, 1.807) is 24.3 Å². The second kappa shape index (κ2) is 5.23. The molecular weight excluding hydrogens is 280 g/mol. The number of fused-ring (bicyclic) bond motifs is 1. The Kier molecular flexibility index (Phi) is 3.51. The number of nitrogens with one attached hydrogen (secondary N) is 1. The molecule has 1 N–H and O–H groups in total. The SMILES string of the molecule is CC1(C)CCC(NC(=O)CN2C(=O)c3ccccc3C2=O)C1. The Morgan fingerprint density at radius 2 is 1.82 bits per heavy atom. The van der Waals surface area contributed by atoms with Gasteiger partial charge in [0.25, 0.3) is 11.8 Å². The topological polar surface area (TPSA) is 66.5 Å². The third-order valence-corrected chi connectivity index (χ3v) is 4.51. The highest BCUT2D eigenvalue weighted by Crippen LogP contribution is 2.36. The molecule has 1 aliphatic carbocycles. The summed E-state index contributed by atoms with van der Waals surface area (Å²) in [5.41, 5.74) is 0.998. The molecule has 5 nitrogen and oxygen atoms in total. The van der Waals surface area contributed by atoms with Gasteiger partial charge >= 0.3 is 0 Å². The number of hydrogen-bond acceptors (Lipinski definition) is 3. The Morgan fingerprint density at radius 1 is 1.23 bits per heavy atom. The van der Waals surface area contributed by atoms with E-state index in [9.17, 15) is 14.4 Å². The van der Waals surface area contributed by atoms with Gasteiger partial charge in [0.2, 0.25) is 5.91 Å². The summed E-state index contributed by atoms with van der Waals surface area (Å²) >= 11 is 0. The molecule has 22 heavy (non-hydrogen) atoms. The lowest BCUT2D eigenvalue weighted by atomic mass is 9.92. The third kappa shape index (κ3) is 2.63. The first kappa shape index (κ1) is 14.8. The summed E-state index contributed by atoms with van der Waals surface area (Å²) in [6.45, 7) is 4.16. The molecule has 0 radical (unpaired) electrons. The van der Waals surface area contributed by atoms with E-state index in [-0.39, 0.29) is 35.7 Å². The van der Waals surface area contributed by atoms with Gasteiger partial charge < -0.3 is 5.32 Å². The molecule has 1 unspecified atom stereocenters. The minimum Gasteiger partial charge on any atom is -0.352 e. The highest BCUT2D eigenvalue weighted by molar-refractivity contribution is 6.22. The second-order valence-corrected chi connectivity index (χ2v) is 6.91. The van der Waals surface area contributed by atoms with Crippen LogP contribution in [0.1, 0.15) is 53.8 Å². The molecule has 1 heterocycles. The Hall–Kier alpha value is -2.17. The zero-order valence-corrected chi connectivity index (χ0v) is 12.9. The molecule has 1 fully saturated rings. The predicted molar refractivity (Wildman–Crippen MR) is 81.4 cm³/mol. The molecule has 0 saturated heterocycles. The van der Waals surface area contributed by atoms with Crippen LogP contribution in [-0.2, 0) is 4.79 Å². The van der Waals surface area contributed by atoms with Crippen molar-refractivity contribution in [2.24, 2.45) is 5.41 Å². The van der Waals surface area contributed by atoms with E-state index in [1.807, 2.05) is 0 Å². The minimum absolute atomic E-state index is 0.137. The van der Waals surface area contributed by atoms with E-state index in [0.29, 0.717) is 11.1 Å². The van der Waals surface area contributed by atoms with E-state index >= 15 is 0 Å². The fraction of sp³-hybridized carbons (Fsp3) is 0.471. The van der Waals surface area contributed by atoms with Crippen LogP contribution in [0.4, 0.5) is 0 Å². The summed E-state index contributed by atoms with van der Waals surface area (Å²) in [4.78, 5) is 37.6. The Labute approximate surface area is 129 Å². The Bertz CT molecular complexity index is 616. The Balaban J connectivity index is 1.64. The predicted octanol–water partition coefficient (Wildman–Crippen LogP) is 1.98. The van der Waals surface area contributed by atoms with Crippen LogP contribution in [-0.4, -0.2) is 35.2 Å². The molecule has 5 heteroatoms. The fourth-order valence-electron chi connectivity index (χ4n) is 3.36. The van der Waals surface area contributed by atoms with Crippen LogP contribution in [0.3, 0.4) is 0 Å². The zero-order chi connectivity index (χ0) is 15.9. The van der Waals surface area contributed by atoms with Crippen molar-refractivity contribution >= 4 is 17.7 Å². The monoisotopic (exact) mass is 300 g/mol. The van der Waals surface area contributed by atoms with Crippen molar-refractivity contribution in [3.63, 3.8) is 0 Å². The van der Waals surface area contributed by atoms with Crippen molar-refractivity contribution in [3.05, 3.63) is 35.4 Å². The molecule has 0 bridgehead atoms. The van der Waals surface area contributed by atoms with Gasteiger partial charge in [0.05, 0.1) is 11.1 Å². The molecule has 0 spiro atoms. The minimum atomic E-state index is -0.387. The van der Waals surface area contributed by atoms with E-state index in [0.717, 1.165) is 24.2 Å². The molecule has 3 rings (SSSR count). The van der Waals surface area contributed by atoms with Gasteiger partial charge in [0.1, 0.15) is 6.54 Å². The summed E-state index contributed by atoms with van der Waals surface area (Å²) in [5.74, 6) is -1.04. The van der Waals surface area contributed by atoms with Gasteiger partial charge in [-0.15, -0.1) is 0 Å². The Morgan fingerprint density at radius 3 is 2.32 bits per heavy atom. The van der Waals surface area contributed by atoms with E-state index in [1.165, 1.54) is 0 Å². The zero-order valence-electron chi connectivity index (χ0n) is 12.9. The van der Waals surface area contributed by atoms with Crippen LogP contribution in [0.15, 0.2) is 24.3 Å². The summed E-state index contributed by atoms with van der Waals surface area (Å²) in [5, 5.41) is 2.94. The standard InChI is InChI=1S/C17H20N2O3/c1-17(2)8-7-11(9-17)18-14(20)10-19-15(21)12-5-3-4-6-13(12)16(19)22/h3-6,11H,7-10H2,1-2H3,(H,18,20). The molecule has 3 amide bonds. The van der Waals surface area contributed by atoms with Crippen molar-refractivity contribution in [1.29, 1.82) is 0 Å². The van der Waals surface area contributed by atoms with E-state index < -0.39 is 0 Å². The molecule has 1 aromatic rings. The maximum absolute atomic E-state index is 12.2. The summed E-state index contributed by atoms with van der Waals surface area (Å²) in [6.07, 6.45) is 2.95. The van der Waals surface area contributed by atoms with Crippen molar-refractivity contribution < 1.29 is 14.4 Å². The van der Waals surface area contributed by atoms with Crippen LogP contribution in [0.2, 0.25) is 0 Å². The first-order chi connectivity index (χ1) is 10.4. The number of hydrogen-bond donors (Lipinski definition) is 1. The van der Waals surface area contributed by atoms with Crippen LogP contribution in [0.25, 0.3) is 0 Å². The summed E-state index contributed by atoms with van der Waals surface area (Å²) < 4.78 is 0. The van der Waals surface area contributed by atoms with Crippen molar-refractivity contribution in [2.45, 2.75) is 39.2 Å². The average molecular weight is 300 g/mol. The molecule has 1 aliphatic heterocycles. The lowest BCUT2D eigenvalue weighted by Gasteiger charge is -2.19. The molecule has 1 aromatic carbocycles. The molecule has 1 atom stereocenters. The van der Waals surface area contributed by atoms with Crippen molar-refractivity contribution in [3.8, 4) is 0 Å². The molecular formula is C17H20N2O3. The van der Waals surface area contributed by atoms with Crippen molar-refractivity contribution in [2.75, 3.05) is 6.54 Å². The lowest BCUT2D eigenvalue weighted by molar-refractivity contribution is -0.122. The maximum Gasteiger partial charge on any atom is 0.262 e. The van der Waals surface area contributed by atoms with Crippen LogP contribution in [0.5, 0.6) is 0 Å². The maximum atomic E-state index is 12.2. The van der Waals surface area contributed by atoms with Gasteiger partial charge in [-0.1, -0.05) is 26.0 Å². The average Bonchev–Trinajstić information content (AvgIpc) is 2.92. The smallest absolute Gasteiger partial charge is 0.262 e. The number of rotatable bonds is 3. The van der Waals surface area contributed by atoms with Crippen LogP contribution >= 0.6 is 0 Å². The van der Waals surface area contributed by atoms with Gasteiger partial charge in [0, 0.05) is 6.04 Å². The number of imide groups is 1. The lowest BCUT2D eigenvalue weighted by Crippen LogP contribution is -2.43. The van der Waals surface area contributed by atoms with Gasteiger partial charge in [-0.25, -0.2) is 0 Å². The second-order valence-electron chi connectivity index (χ2n) is 6.91. The van der Waals surface area contributed by atoms with Gasteiger partial charge in [-0.05, 0) is 36.8 Å². The van der Waals surface area contributed by atoms with E-state index in [4.69, 9.17) is 0 Å². The number of benzene rings is 1. The first-order valence-corrected chi connectivity index (χ1v) is 7.62. The van der Waals surface area contributed by atoms with E-state index in [2.05, 4.69) is 19.2 Å². The largest absolute Gasteiger partial charge is 0.352 e. The van der Waals surface area contributed by atoms with Crippen molar-refractivity contribution in [1.82, 2.24) is 10.2 Å². The highest BCUT2D eigenvalue weighted by atomic mass is 16.2. The van der Waals surface area contributed by atoms with Gasteiger partial charge in [-0.3, -0.25) is 19.3 Å². The number of nitrogens with zero attached hydrogens (tertiary/aromatic N) is 1. The molecule has 0 aromatic heterocycles. The third-order valence-electron chi connectivity index (χ3n) is 4.51. The fourth-order valence-corrected chi connectivity index (χ4v) is 3.36. The van der Waals surface area contributed by atoms with Gasteiger partial charge in [-0.2, -0.15) is 0 Å². The summed E-state index contributed by atoms with van der Waals surface area (Å²) in [6, 6.07) is 6.81. The molecule has 116 valence electrons. The number of carbonyl (C=O) groups excluding carboxylic acids is 3. The number of carbonyl (C=O) groups is 3. The number of amides is 3. The normalized spacial score (nSPS) is 22.8.